The molecule has 0 bridgehead atoms. The van der Waals surface area contributed by atoms with E-state index >= 15 is 0 Å². The highest BCUT2D eigenvalue weighted by Crippen LogP contribution is 2.15. The second-order valence-corrected chi connectivity index (χ2v) is 3.67. The van der Waals surface area contributed by atoms with Gasteiger partial charge in [-0.3, -0.25) is 0 Å². The van der Waals surface area contributed by atoms with Gasteiger partial charge in [0.05, 0.1) is 12.5 Å². The molecule has 0 spiro atoms. The fourth-order valence-corrected chi connectivity index (χ4v) is 1.36. The zero-order valence-electron chi connectivity index (χ0n) is 8.92. The molecule has 84 valence electrons. The second-order valence-electron chi connectivity index (χ2n) is 3.67. The van der Waals surface area contributed by atoms with Gasteiger partial charge in [0.25, 0.3) is 0 Å². The quantitative estimate of drug-likeness (QED) is 0.814. The van der Waals surface area contributed by atoms with E-state index in [1.165, 1.54) is 0 Å². The molecule has 0 aliphatic rings. The molecule has 3 N–H and O–H groups in total. The van der Waals surface area contributed by atoms with Gasteiger partial charge in [0.1, 0.15) is 5.75 Å². The van der Waals surface area contributed by atoms with Gasteiger partial charge in [0.15, 0.2) is 0 Å². The summed E-state index contributed by atoms with van der Waals surface area (Å²) in [6.07, 6.45) is 0.494. The first kappa shape index (κ1) is 10.6. The van der Waals surface area contributed by atoms with E-state index in [4.69, 9.17) is 10.2 Å². The molecule has 1 atom stereocenters. The number of benzene rings is 1. The Hall–Kier alpha value is -1.88. The molecule has 1 aromatic carbocycles. The molecule has 2 rings (SSSR count). The van der Waals surface area contributed by atoms with Crippen LogP contribution in [0.4, 0.5) is 0 Å². The molecule has 0 aliphatic carbocycles. The van der Waals surface area contributed by atoms with Crippen LogP contribution in [0.3, 0.4) is 0 Å². The van der Waals surface area contributed by atoms with Gasteiger partial charge < -0.3 is 15.3 Å². The summed E-state index contributed by atoms with van der Waals surface area (Å²) in [7, 11) is 0. The van der Waals surface area contributed by atoms with Crippen LogP contribution >= 0.6 is 0 Å². The van der Waals surface area contributed by atoms with E-state index in [1.807, 2.05) is 6.07 Å². The molecule has 0 amide bonds. The van der Waals surface area contributed by atoms with Crippen molar-refractivity contribution in [3.8, 4) is 5.75 Å². The molecule has 0 saturated carbocycles. The lowest BCUT2D eigenvalue weighted by atomic mass is 10.1. The molecule has 1 unspecified atom stereocenters. The molecule has 1 aromatic heterocycles. The summed E-state index contributed by atoms with van der Waals surface area (Å²) in [6.45, 7) is 1.78. The van der Waals surface area contributed by atoms with Crippen molar-refractivity contribution >= 4 is 0 Å². The number of nitrogens with two attached hydrogens (primary N) is 1. The number of rotatable bonds is 3. The molecule has 5 heteroatoms. The van der Waals surface area contributed by atoms with Crippen molar-refractivity contribution in [1.82, 2.24) is 10.2 Å². The van der Waals surface area contributed by atoms with Crippen molar-refractivity contribution in [2.45, 2.75) is 19.4 Å². The third-order valence-electron chi connectivity index (χ3n) is 2.14. The predicted molar refractivity (Wildman–Crippen MR) is 57.8 cm³/mol. The molecule has 0 saturated heterocycles. The van der Waals surface area contributed by atoms with Crippen LogP contribution in [0.1, 0.15) is 30.3 Å². The molecular weight excluding hydrogens is 206 g/mol. The summed E-state index contributed by atoms with van der Waals surface area (Å²) in [6, 6.07) is 6.68. The number of nitrogens with zero attached hydrogens (tertiary/aromatic N) is 2. The Balaban J connectivity index is 2.14. The van der Waals surface area contributed by atoms with E-state index in [2.05, 4.69) is 10.2 Å². The average Bonchev–Trinajstić information content (AvgIpc) is 2.66. The molecule has 0 fully saturated rings. The van der Waals surface area contributed by atoms with Crippen LogP contribution in [0, 0.1) is 0 Å². The summed E-state index contributed by atoms with van der Waals surface area (Å²) >= 11 is 0. The van der Waals surface area contributed by atoms with Gasteiger partial charge in [-0.2, -0.15) is 0 Å². The topological polar surface area (TPSA) is 85.2 Å². The lowest BCUT2D eigenvalue weighted by Gasteiger charge is -1.98. The maximum atomic E-state index is 9.30. The van der Waals surface area contributed by atoms with Crippen molar-refractivity contribution < 1.29 is 9.52 Å². The van der Waals surface area contributed by atoms with Crippen LogP contribution in [0.5, 0.6) is 5.75 Å². The van der Waals surface area contributed by atoms with Crippen LogP contribution in [0.15, 0.2) is 28.7 Å². The Labute approximate surface area is 92.9 Å². The molecular formula is C11H13N3O2. The van der Waals surface area contributed by atoms with E-state index in [0.717, 1.165) is 5.56 Å². The van der Waals surface area contributed by atoms with Crippen LogP contribution in [-0.2, 0) is 6.42 Å². The van der Waals surface area contributed by atoms with Crippen molar-refractivity contribution in [1.29, 1.82) is 0 Å². The van der Waals surface area contributed by atoms with Crippen LogP contribution in [0.2, 0.25) is 0 Å². The number of phenols is 1. The van der Waals surface area contributed by atoms with E-state index in [1.54, 1.807) is 25.1 Å². The predicted octanol–water partition coefficient (Wildman–Crippen LogP) is 1.39. The van der Waals surface area contributed by atoms with Crippen molar-refractivity contribution in [2.75, 3.05) is 0 Å². The molecule has 0 radical (unpaired) electrons. The largest absolute Gasteiger partial charge is 0.508 e. The number of aromatic nitrogens is 2. The summed E-state index contributed by atoms with van der Waals surface area (Å²) in [5.41, 5.74) is 6.52. The van der Waals surface area contributed by atoms with Gasteiger partial charge in [-0.1, -0.05) is 12.1 Å². The molecule has 1 heterocycles. The Morgan fingerprint density at radius 1 is 1.44 bits per heavy atom. The van der Waals surface area contributed by atoms with E-state index in [-0.39, 0.29) is 11.8 Å². The van der Waals surface area contributed by atoms with Gasteiger partial charge in [-0.15, -0.1) is 10.2 Å². The highest BCUT2D eigenvalue weighted by Gasteiger charge is 2.10. The summed E-state index contributed by atoms with van der Waals surface area (Å²) in [5.74, 6) is 1.15. The first-order valence-corrected chi connectivity index (χ1v) is 5.01. The van der Waals surface area contributed by atoms with Gasteiger partial charge in [-0.05, 0) is 24.6 Å². The SMILES string of the molecule is CC(N)c1nnc(Cc2cccc(O)c2)o1. The van der Waals surface area contributed by atoms with E-state index < -0.39 is 0 Å². The van der Waals surface area contributed by atoms with Crippen LogP contribution in [-0.4, -0.2) is 15.3 Å². The van der Waals surface area contributed by atoms with Crippen molar-refractivity contribution in [2.24, 2.45) is 5.73 Å². The normalized spacial score (nSPS) is 12.6. The Kier molecular flexibility index (Phi) is 2.87. The molecule has 16 heavy (non-hydrogen) atoms. The monoisotopic (exact) mass is 219 g/mol. The van der Waals surface area contributed by atoms with Crippen LogP contribution < -0.4 is 5.73 Å². The van der Waals surface area contributed by atoms with E-state index in [9.17, 15) is 5.11 Å². The highest BCUT2D eigenvalue weighted by atomic mass is 16.4. The summed E-state index contributed by atoms with van der Waals surface area (Å²) in [5, 5.41) is 17.0. The summed E-state index contributed by atoms with van der Waals surface area (Å²) < 4.78 is 5.36. The summed E-state index contributed by atoms with van der Waals surface area (Å²) in [4.78, 5) is 0. The third kappa shape index (κ3) is 2.38. The minimum Gasteiger partial charge on any atom is -0.508 e. The Bertz CT molecular complexity index is 480. The smallest absolute Gasteiger partial charge is 0.232 e. The number of aromatic hydroxyl groups is 1. The molecule has 0 aliphatic heterocycles. The first-order valence-electron chi connectivity index (χ1n) is 5.01. The van der Waals surface area contributed by atoms with Gasteiger partial charge >= 0.3 is 0 Å². The maximum absolute atomic E-state index is 9.30. The third-order valence-corrected chi connectivity index (χ3v) is 2.14. The maximum Gasteiger partial charge on any atom is 0.232 e. The standard InChI is InChI=1S/C11H13N3O2/c1-7(12)11-14-13-10(16-11)6-8-3-2-4-9(15)5-8/h2-5,7,15H,6,12H2,1H3. The zero-order chi connectivity index (χ0) is 11.5. The first-order chi connectivity index (χ1) is 7.65. The minimum absolute atomic E-state index is 0.226. The van der Waals surface area contributed by atoms with Crippen LogP contribution in [0.25, 0.3) is 0 Å². The second kappa shape index (κ2) is 4.32. The fourth-order valence-electron chi connectivity index (χ4n) is 1.36. The Morgan fingerprint density at radius 2 is 2.25 bits per heavy atom. The van der Waals surface area contributed by atoms with Crippen molar-refractivity contribution in [3.05, 3.63) is 41.6 Å². The van der Waals surface area contributed by atoms with Crippen molar-refractivity contribution in [3.63, 3.8) is 0 Å². The lowest BCUT2D eigenvalue weighted by molar-refractivity contribution is 0.433. The minimum atomic E-state index is -0.259. The van der Waals surface area contributed by atoms with E-state index in [0.29, 0.717) is 18.2 Å². The number of hydrogen-bond donors (Lipinski definition) is 2. The highest BCUT2D eigenvalue weighted by molar-refractivity contribution is 5.28. The lowest BCUT2D eigenvalue weighted by Crippen LogP contribution is -2.04. The van der Waals surface area contributed by atoms with Gasteiger partial charge in [0, 0.05) is 0 Å². The average molecular weight is 219 g/mol. The van der Waals surface area contributed by atoms with Gasteiger partial charge in [-0.25, -0.2) is 0 Å². The molecule has 5 nitrogen and oxygen atoms in total. The fraction of sp³-hybridized carbons (Fsp3) is 0.273. The Morgan fingerprint density at radius 3 is 2.88 bits per heavy atom. The molecule has 2 aromatic rings. The van der Waals surface area contributed by atoms with Gasteiger partial charge in [0.2, 0.25) is 11.8 Å². The number of hydrogen-bond acceptors (Lipinski definition) is 5. The zero-order valence-corrected chi connectivity index (χ0v) is 8.92. The number of phenolic OH excluding ortho intramolecular Hbond substituents is 1.